The Balaban J connectivity index is 2.20. The van der Waals surface area contributed by atoms with Gasteiger partial charge < -0.3 is 0 Å². The maximum Gasteiger partial charge on any atom is 0.166 e. The third-order valence-electron chi connectivity index (χ3n) is 3.70. The fourth-order valence-electron chi connectivity index (χ4n) is 3.09. The summed E-state index contributed by atoms with van der Waals surface area (Å²) in [5.41, 5.74) is 0.737. The second-order valence-electron chi connectivity index (χ2n) is 5.64. The lowest BCUT2D eigenvalue weighted by Crippen LogP contribution is -2.26. The highest BCUT2D eigenvalue weighted by Crippen LogP contribution is 2.35. The zero-order valence-electron chi connectivity index (χ0n) is 10.7. The first-order chi connectivity index (χ1) is 8.45. The van der Waals surface area contributed by atoms with Gasteiger partial charge in [0.2, 0.25) is 0 Å². The summed E-state index contributed by atoms with van der Waals surface area (Å²) in [5.74, 6) is 1.70. The van der Waals surface area contributed by atoms with Gasteiger partial charge in [-0.05, 0) is 49.3 Å². The van der Waals surface area contributed by atoms with Gasteiger partial charge in [-0.1, -0.05) is 41.4 Å². The number of ketones is 1. The van der Waals surface area contributed by atoms with Gasteiger partial charge in [0.1, 0.15) is 0 Å². The quantitative estimate of drug-likeness (QED) is 0.668. The van der Waals surface area contributed by atoms with Gasteiger partial charge in [-0.25, -0.2) is 0 Å². The first-order valence-electron chi connectivity index (χ1n) is 6.46. The molecule has 2 unspecified atom stereocenters. The van der Waals surface area contributed by atoms with Crippen molar-refractivity contribution in [2.75, 3.05) is 0 Å². The number of rotatable bonds is 2. The zero-order valence-corrected chi connectivity index (χ0v) is 13.1. The average molecular weight is 330 g/mol. The van der Waals surface area contributed by atoms with Crippen LogP contribution in [0.2, 0.25) is 5.02 Å². The molecule has 98 valence electrons. The van der Waals surface area contributed by atoms with Crippen LogP contribution in [0.5, 0.6) is 0 Å². The molecule has 0 saturated heterocycles. The molecule has 0 amide bonds. The molecule has 0 aromatic heterocycles. The van der Waals surface area contributed by atoms with E-state index in [4.69, 9.17) is 11.6 Å². The second-order valence-corrected chi connectivity index (χ2v) is 6.99. The molecule has 1 aromatic rings. The number of benzene rings is 1. The Morgan fingerprint density at radius 3 is 2.33 bits per heavy atom. The molecular weight excluding hydrogens is 312 g/mol. The van der Waals surface area contributed by atoms with E-state index in [1.54, 1.807) is 6.07 Å². The summed E-state index contributed by atoms with van der Waals surface area (Å²) in [7, 11) is 0. The molecule has 0 N–H and O–H groups in total. The van der Waals surface area contributed by atoms with Crippen molar-refractivity contribution >= 4 is 33.3 Å². The maximum absolute atomic E-state index is 12.5. The zero-order chi connectivity index (χ0) is 13.3. The molecule has 1 nitrogen and oxygen atoms in total. The minimum Gasteiger partial charge on any atom is -0.294 e. The SMILES string of the molecule is CC1CC(C)CC(C(=O)c2cc(Cl)cc(Br)c2)C1. The molecule has 1 fully saturated rings. The predicted molar refractivity (Wildman–Crippen MR) is 79.2 cm³/mol. The number of hydrogen-bond donors (Lipinski definition) is 0. The Labute approximate surface area is 122 Å². The van der Waals surface area contributed by atoms with Gasteiger partial charge in [0.25, 0.3) is 0 Å². The Hall–Kier alpha value is -0.340. The molecule has 0 radical (unpaired) electrons. The minimum atomic E-state index is 0.161. The number of carbonyl (C=O) groups is 1. The standard InChI is InChI=1S/C15H18BrClO/c1-9-3-10(2)5-11(4-9)15(18)12-6-13(16)8-14(17)7-12/h6-11H,3-5H2,1-2H3. The van der Waals surface area contributed by atoms with E-state index in [1.807, 2.05) is 12.1 Å². The molecule has 0 aliphatic heterocycles. The normalized spacial score (nSPS) is 28.1. The Morgan fingerprint density at radius 1 is 1.17 bits per heavy atom. The van der Waals surface area contributed by atoms with Gasteiger partial charge in [-0.2, -0.15) is 0 Å². The lowest BCUT2D eigenvalue weighted by Gasteiger charge is -2.30. The van der Waals surface area contributed by atoms with Crippen molar-refractivity contribution in [2.24, 2.45) is 17.8 Å². The smallest absolute Gasteiger partial charge is 0.166 e. The van der Waals surface area contributed by atoms with Crippen molar-refractivity contribution in [3.05, 3.63) is 33.3 Å². The van der Waals surface area contributed by atoms with Gasteiger partial charge in [0.15, 0.2) is 5.78 Å². The third-order valence-corrected chi connectivity index (χ3v) is 4.37. The Bertz CT molecular complexity index is 428. The summed E-state index contributed by atoms with van der Waals surface area (Å²) in [5, 5.41) is 0.615. The topological polar surface area (TPSA) is 17.1 Å². The summed E-state index contributed by atoms with van der Waals surface area (Å²) in [4.78, 5) is 12.5. The van der Waals surface area contributed by atoms with Crippen LogP contribution < -0.4 is 0 Å². The van der Waals surface area contributed by atoms with Gasteiger partial charge >= 0.3 is 0 Å². The number of hydrogen-bond acceptors (Lipinski definition) is 1. The van der Waals surface area contributed by atoms with Crippen molar-refractivity contribution in [2.45, 2.75) is 33.1 Å². The van der Waals surface area contributed by atoms with Crippen molar-refractivity contribution in [3.63, 3.8) is 0 Å². The van der Waals surface area contributed by atoms with Crippen LogP contribution in [0, 0.1) is 17.8 Å². The highest BCUT2D eigenvalue weighted by Gasteiger charge is 2.29. The summed E-state index contributed by atoms with van der Waals surface area (Å²) in [6, 6.07) is 5.46. The van der Waals surface area contributed by atoms with E-state index < -0.39 is 0 Å². The van der Waals surface area contributed by atoms with Crippen LogP contribution in [0.15, 0.2) is 22.7 Å². The summed E-state index contributed by atoms with van der Waals surface area (Å²) >= 11 is 9.40. The lowest BCUT2D eigenvalue weighted by atomic mass is 9.74. The van der Waals surface area contributed by atoms with E-state index in [0.717, 1.165) is 22.9 Å². The van der Waals surface area contributed by atoms with Gasteiger partial charge in [0.05, 0.1) is 0 Å². The monoisotopic (exact) mass is 328 g/mol. The largest absolute Gasteiger partial charge is 0.294 e. The van der Waals surface area contributed by atoms with E-state index in [-0.39, 0.29) is 11.7 Å². The van der Waals surface area contributed by atoms with Gasteiger partial charge in [0, 0.05) is 21.0 Å². The summed E-state index contributed by atoms with van der Waals surface area (Å²) < 4.78 is 0.871. The summed E-state index contributed by atoms with van der Waals surface area (Å²) in [6.45, 7) is 4.48. The van der Waals surface area contributed by atoms with E-state index in [0.29, 0.717) is 16.9 Å². The van der Waals surface area contributed by atoms with Crippen molar-refractivity contribution < 1.29 is 4.79 Å². The molecule has 1 aromatic carbocycles. The molecule has 0 heterocycles. The van der Waals surface area contributed by atoms with Crippen LogP contribution in [-0.2, 0) is 0 Å². The molecule has 1 aliphatic rings. The maximum atomic E-state index is 12.5. The van der Waals surface area contributed by atoms with Crippen LogP contribution in [0.25, 0.3) is 0 Å². The molecule has 18 heavy (non-hydrogen) atoms. The number of halogens is 2. The Morgan fingerprint density at radius 2 is 1.78 bits per heavy atom. The average Bonchev–Trinajstić information content (AvgIpc) is 2.25. The molecule has 0 spiro atoms. The van der Waals surface area contributed by atoms with E-state index >= 15 is 0 Å². The molecule has 2 atom stereocenters. The Kier molecular flexibility index (Phi) is 4.50. The second kappa shape index (κ2) is 5.75. The first-order valence-corrected chi connectivity index (χ1v) is 7.63. The predicted octanol–water partition coefficient (Wildman–Crippen LogP) is 5.36. The van der Waals surface area contributed by atoms with E-state index in [1.165, 1.54) is 6.42 Å². The van der Waals surface area contributed by atoms with Crippen molar-refractivity contribution in [1.29, 1.82) is 0 Å². The summed E-state index contributed by atoms with van der Waals surface area (Å²) in [6.07, 6.45) is 3.25. The fourth-order valence-corrected chi connectivity index (χ4v) is 3.95. The third kappa shape index (κ3) is 3.36. The van der Waals surface area contributed by atoms with Crippen LogP contribution in [-0.4, -0.2) is 5.78 Å². The van der Waals surface area contributed by atoms with E-state index in [9.17, 15) is 4.79 Å². The van der Waals surface area contributed by atoms with Gasteiger partial charge in [-0.15, -0.1) is 0 Å². The van der Waals surface area contributed by atoms with Crippen molar-refractivity contribution in [3.8, 4) is 0 Å². The highest BCUT2D eigenvalue weighted by molar-refractivity contribution is 9.10. The highest BCUT2D eigenvalue weighted by atomic mass is 79.9. The molecular formula is C15H18BrClO. The fraction of sp³-hybridized carbons (Fsp3) is 0.533. The molecule has 1 saturated carbocycles. The number of carbonyl (C=O) groups excluding carboxylic acids is 1. The van der Waals surface area contributed by atoms with Crippen molar-refractivity contribution in [1.82, 2.24) is 0 Å². The van der Waals surface area contributed by atoms with Crippen LogP contribution in [0.3, 0.4) is 0 Å². The van der Waals surface area contributed by atoms with Crippen LogP contribution >= 0.6 is 27.5 Å². The number of Topliss-reactive ketones (excluding diaryl/α,β-unsaturated/α-hetero) is 1. The first kappa shape index (κ1) is 14.1. The molecule has 1 aliphatic carbocycles. The lowest BCUT2D eigenvalue weighted by molar-refractivity contribution is 0.0836. The van der Waals surface area contributed by atoms with E-state index in [2.05, 4.69) is 29.8 Å². The molecule has 3 heteroatoms. The molecule has 0 bridgehead atoms. The van der Waals surface area contributed by atoms with Gasteiger partial charge in [-0.3, -0.25) is 4.79 Å². The van der Waals surface area contributed by atoms with Crippen LogP contribution in [0.4, 0.5) is 0 Å². The van der Waals surface area contributed by atoms with Crippen LogP contribution in [0.1, 0.15) is 43.5 Å². The minimum absolute atomic E-state index is 0.161. The molecule has 2 rings (SSSR count).